The van der Waals surface area contributed by atoms with Crippen LogP contribution in [0.2, 0.25) is 0 Å². The van der Waals surface area contributed by atoms with Gasteiger partial charge < -0.3 is 5.32 Å². The highest BCUT2D eigenvalue weighted by atomic mass is 19.1. The van der Waals surface area contributed by atoms with Gasteiger partial charge in [0.1, 0.15) is 12.5 Å². The zero-order valence-electron chi connectivity index (χ0n) is 6.90. The van der Waals surface area contributed by atoms with Gasteiger partial charge in [-0.15, -0.1) is 0 Å². The van der Waals surface area contributed by atoms with Gasteiger partial charge in [-0.1, -0.05) is 6.07 Å². The van der Waals surface area contributed by atoms with Gasteiger partial charge in [-0.3, -0.25) is 0 Å². The average molecular weight is 171 g/mol. The lowest BCUT2D eigenvalue weighted by atomic mass is 10.2. The van der Waals surface area contributed by atoms with Crippen LogP contribution in [0.15, 0.2) is 18.2 Å². The Balaban J connectivity index is 2.78. The normalized spacial score (nSPS) is 9.92. The minimum Gasteiger partial charge on any atom is -0.382 e. The van der Waals surface area contributed by atoms with Crippen LogP contribution in [-0.2, 0) is 0 Å². The van der Waals surface area contributed by atoms with E-state index < -0.39 is 6.67 Å². The van der Waals surface area contributed by atoms with Crippen LogP contribution in [-0.4, -0.2) is 13.2 Å². The van der Waals surface area contributed by atoms with Gasteiger partial charge in [-0.25, -0.2) is 8.78 Å². The van der Waals surface area contributed by atoms with Crippen molar-refractivity contribution in [2.45, 2.75) is 6.92 Å². The maximum absolute atomic E-state index is 12.9. The van der Waals surface area contributed by atoms with E-state index in [1.807, 2.05) is 0 Å². The lowest BCUT2D eigenvalue weighted by Crippen LogP contribution is -2.04. The van der Waals surface area contributed by atoms with Gasteiger partial charge in [-0.05, 0) is 19.1 Å². The lowest BCUT2D eigenvalue weighted by Gasteiger charge is -2.07. The average Bonchev–Trinajstić information content (AvgIpc) is 2.08. The van der Waals surface area contributed by atoms with Gasteiger partial charge in [0.2, 0.25) is 0 Å². The number of nitrogens with one attached hydrogen (secondary N) is 1. The molecule has 1 aromatic carbocycles. The van der Waals surface area contributed by atoms with Crippen LogP contribution in [0.4, 0.5) is 14.5 Å². The number of hydrogen-bond donors (Lipinski definition) is 1. The second-order valence-electron chi connectivity index (χ2n) is 2.53. The summed E-state index contributed by atoms with van der Waals surface area (Å²) in [6.45, 7) is 1.44. The van der Waals surface area contributed by atoms with Crippen LogP contribution in [0.3, 0.4) is 0 Å². The molecule has 66 valence electrons. The molecule has 0 atom stereocenters. The van der Waals surface area contributed by atoms with Gasteiger partial charge in [0, 0.05) is 17.8 Å². The second-order valence-corrected chi connectivity index (χ2v) is 2.53. The molecule has 1 nitrogen and oxygen atoms in total. The van der Waals surface area contributed by atoms with Crippen molar-refractivity contribution in [3.8, 4) is 0 Å². The maximum Gasteiger partial charge on any atom is 0.128 e. The van der Waals surface area contributed by atoms with E-state index in [1.54, 1.807) is 19.1 Å². The molecule has 0 bridgehead atoms. The van der Waals surface area contributed by atoms with E-state index in [0.717, 1.165) is 0 Å². The van der Waals surface area contributed by atoms with Crippen molar-refractivity contribution in [1.82, 2.24) is 0 Å². The minimum atomic E-state index is -0.448. The fraction of sp³-hybridized carbons (Fsp3) is 0.333. The topological polar surface area (TPSA) is 12.0 Å². The number of rotatable bonds is 3. The summed E-state index contributed by atoms with van der Waals surface area (Å²) in [7, 11) is 0. The van der Waals surface area contributed by atoms with Crippen molar-refractivity contribution in [2.24, 2.45) is 0 Å². The Labute approximate surface area is 70.4 Å². The maximum atomic E-state index is 12.9. The first-order valence-corrected chi connectivity index (χ1v) is 3.80. The van der Waals surface area contributed by atoms with Crippen molar-refractivity contribution < 1.29 is 8.78 Å². The molecule has 0 unspecified atom stereocenters. The molecule has 3 heteroatoms. The van der Waals surface area contributed by atoms with Crippen LogP contribution in [0.25, 0.3) is 0 Å². The fourth-order valence-corrected chi connectivity index (χ4v) is 0.981. The molecule has 1 rings (SSSR count). The first kappa shape index (κ1) is 8.97. The van der Waals surface area contributed by atoms with Gasteiger partial charge in [-0.2, -0.15) is 0 Å². The van der Waals surface area contributed by atoms with Crippen molar-refractivity contribution in [2.75, 3.05) is 18.5 Å². The summed E-state index contributed by atoms with van der Waals surface area (Å²) in [6, 6.07) is 4.72. The summed E-state index contributed by atoms with van der Waals surface area (Å²) in [5.74, 6) is -0.265. The first-order valence-electron chi connectivity index (χ1n) is 3.80. The Morgan fingerprint density at radius 2 is 2.17 bits per heavy atom. The Kier molecular flexibility index (Phi) is 3.02. The predicted molar refractivity (Wildman–Crippen MR) is 45.6 cm³/mol. The van der Waals surface area contributed by atoms with E-state index in [0.29, 0.717) is 11.3 Å². The number of anilines is 1. The van der Waals surface area contributed by atoms with Crippen molar-refractivity contribution in [3.05, 3.63) is 29.6 Å². The van der Waals surface area contributed by atoms with Gasteiger partial charge in [0.05, 0.1) is 0 Å². The molecule has 0 amide bonds. The smallest absolute Gasteiger partial charge is 0.128 e. The predicted octanol–water partition coefficient (Wildman–Crippen LogP) is 2.52. The summed E-state index contributed by atoms with van der Waals surface area (Å²) in [5, 5.41) is 2.79. The molecule has 0 radical (unpaired) electrons. The van der Waals surface area contributed by atoms with Crippen LogP contribution in [0.5, 0.6) is 0 Å². The van der Waals surface area contributed by atoms with Crippen molar-refractivity contribution >= 4 is 5.69 Å². The first-order chi connectivity index (χ1) is 5.75. The molecule has 0 spiro atoms. The minimum absolute atomic E-state index is 0.226. The Morgan fingerprint density at radius 1 is 1.42 bits per heavy atom. The van der Waals surface area contributed by atoms with Crippen LogP contribution in [0, 0.1) is 12.7 Å². The number of hydrogen-bond acceptors (Lipinski definition) is 1. The van der Waals surface area contributed by atoms with E-state index in [9.17, 15) is 8.78 Å². The molecule has 0 aromatic heterocycles. The van der Waals surface area contributed by atoms with Crippen LogP contribution < -0.4 is 5.32 Å². The summed E-state index contributed by atoms with van der Waals surface area (Å²) >= 11 is 0. The van der Waals surface area contributed by atoms with Crippen molar-refractivity contribution in [1.29, 1.82) is 0 Å². The quantitative estimate of drug-likeness (QED) is 0.736. The zero-order chi connectivity index (χ0) is 8.97. The Hall–Kier alpha value is -1.12. The molecule has 0 aliphatic heterocycles. The number of alkyl halides is 1. The molecule has 0 saturated heterocycles. The third-order valence-corrected chi connectivity index (χ3v) is 1.68. The second kappa shape index (κ2) is 4.04. The molecule has 1 aromatic rings. The highest BCUT2D eigenvalue weighted by Crippen LogP contribution is 2.16. The summed E-state index contributed by atoms with van der Waals surface area (Å²) < 4.78 is 24.6. The standard InChI is InChI=1S/C9H11F2N/c1-7-8(11)3-2-4-9(7)12-6-5-10/h2-4,12H,5-6H2,1H3. The lowest BCUT2D eigenvalue weighted by molar-refractivity contribution is 0.512. The van der Waals surface area contributed by atoms with Gasteiger partial charge in [0.25, 0.3) is 0 Å². The monoisotopic (exact) mass is 171 g/mol. The van der Waals surface area contributed by atoms with Crippen LogP contribution >= 0.6 is 0 Å². The zero-order valence-corrected chi connectivity index (χ0v) is 6.90. The number of halogens is 2. The van der Waals surface area contributed by atoms with Crippen molar-refractivity contribution in [3.63, 3.8) is 0 Å². The molecule has 0 aliphatic rings. The molecular weight excluding hydrogens is 160 g/mol. The molecule has 1 N–H and O–H groups in total. The van der Waals surface area contributed by atoms with E-state index in [4.69, 9.17) is 0 Å². The summed E-state index contributed by atoms with van der Waals surface area (Å²) in [5.41, 5.74) is 1.19. The molecule has 0 aliphatic carbocycles. The van der Waals surface area contributed by atoms with Crippen LogP contribution in [0.1, 0.15) is 5.56 Å². The molecule has 0 fully saturated rings. The van der Waals surface area contributed by atoms with Gasteiger partial charge in [0.15, 0.2) is 0 Å². The molecule has 0 heterocycles. The Bertz CT molecular complexity index is 261. The highest BCUT2D eigenvalue weighted by Gasteiger charge is 2.01. The highest BCUT2D eigenvalue weighted by molar-refractivity contribution is 5.50. The summed E-state index contributed by atoms with van der Waals surface area (Å²) in [4.78, 5) is 0. The summed E-state index contributed by atoms with van der Waals surface area (Å²) in [6.07, 6.45) is 0. The third kappa shape index (κ3) is 1.94. The SMILES string of the molecule is Cc1c(F)cccc1NCCF. The number of benzene rings is 1. The largest absolute Gasteiger partial charge is 0.382 e. The van der Waals surface area contributed by atoms with E-state index in [-0.39, 0.29) is 12.4 Å². The van der Waals surface area contributed by atoms with E-state index >= 15 is 0 Å². The van der Waals surface area contributed by atoms with E-state index in [1.165, 1.54) is 6.07 Å². The van der Waals surface area contributed by atoms with E-state index in [2.05, 4.69) is 5.32 Å². The molecule has 0 saturated carbocycles. The molecular formula is C9H11F2N. The molecule has 12 heavy (non-hydrogen) atoms. The Morgan fingerprint density at radius 3 is 2.83 bits per heavy atom. The fourth-order valence-electron chi connectivity index (χ4n) is 0.981. The van der Waals surface area contributed by atoms with Gasteiger partial charge >= 0.3 is 0 Å². The third-order valence-electron chi connectivity index (χ3n) is 1.68.